The second kappa shape index (κ2) is 7.22. The maximum atomic E-state index is 12.4. The van der Waals surface area contributed by atoms with Gasteiger partial charge in [0.1, 0.15) is 0 Å². The summed E-state index contributed by atoms with van der Waals surface area (Å²) in [6.07, 6.45) is 1.22. The molecule has 0 aromatic rings. The smallest absolute Gasteiger partial charge is 0.239 e. The summed E-state index contributed by atoms with van der Waals surface area (Å²) in [5, 5.41) is 3.29. The molecule has 0 aliphatic carbocycles. The van der Waals surface area contributed by atoms with Gasteiger partial charge < -0.3 is 15.1 Å². The first-order valence-electron chi connectivity index (χ1n) is 7.68. The lowest BCUT2D eigenvalue weighted by Crippen LogP contribution is -2.57. The van der Waals surface area contributed by atoms with Gasteiger partial charge in [-0.3, -0.25) is 9.69 Å². The average molecular weight is 268 g/mol. The second-order valence-electron chi connectivity index (χ2n) is 5.63. The zero-order valence-electron chi connectivity index (χ0n) is 12.4. The largest absolute Gasteiger partial charge is 0.339 e. The van der Waals surface area contributed by atoms with Crippen LogP contribution in [0.5, 0.6) is 0 Å². The normalized spacial score (nSPS) is 24.4. The van der Waals surface area contributed by atoms with Crippen LogP contribution >= 0.6 is 0 Å². The monoisotopic (exact) mass is 268 g/mol. The van der Waals surface area contributed by atoms with Gasteiger partial charge in [-0.2, -0.15) is 0 Å². The molecule has 1 atom stereocenters. The molecule has 110 valence electrons. The van der Waals surface area contributed by atoms with Crippen LogP contribution in [0.4, 0.5) is 0 Å². The third-order valence-electron chi connectivity index (χ3n) is 4.28. The molecule has 2 saturated heterocycles. The third-order valence-corrected chi connectivity index (χ3v) is 4.28. The van der Waals surface area contributed by atoms with Gasteiger partial charge in [0.2, 0.25) is 5.91 Å². The molecular formula is C14H28N4O. The number of amides is 1. The van der Waals surface area contributed by atoms with Crippen molar-refractivity contribution in [3.63, 3.8) is 0 Å². The number of hydrogen-bond donors (Lipinski definition) is 1. The number of carbonyl (C=O) groups excluding carboxylic acids is 1. The first kappa shape index (κ1) is 14.8. The van der Waals surface area contributed by atoms with Crippen LogP contribution in [0.15, 0.2) is 0 Å². The summed E-state index contributed by atoms with van der Waals surface area (Å²) in [6.45, 7) is 13.3. The summed E-state index contributed by atoms with van der Waals surface area (Å²) in [4.78, 5) is 19.3. The molecule has 2 heterocycles. The highest BCUT2D eigenvalue weighted by atomic mass is 16.2. The molecule has 0 radical (unpaired) electrons. The van der Waals surface area contributed by atoms with Gasteiger partial charge >= 0.3 is 0 Å². The average Bonchev–Trinajstić information content (AvgIpc) is 2.48. The molecule has 1 N–H and O–H groups in total. The molecule has 19 heavy (non-hydrogen) atoms. The molecule has 1 amide bonds. The molecule has 2 fully saturated rings. The standard InChI is InChI=1S/C14H28N4O/c1-3-6-16-9-11-17(12-10-16)13(2)14(19)18-7-4-15-5-8-18/h13,15H,3-12H2,1-2H3. The Labute approximate surface area is 116 Å². The zero-order chi connectivity index (χ0) is 13.7. The Hall–Kier alpha value is -0.650. The van der Waals surface area contributed by atoms with Crippen LogP contribution in [0.2, 0.25) is 0 Å². The van der Waals surface area contributed by atoms with E-state index in [0.717, 1.165) is 52.4 Å². The zero-order valence-corrected chi connectivity index (χ0v) is 12.4. The molecule has 1 unspecified atom stereocenters. The first-order valence-corrected chi connectivity index (χ1v) is 7.68. The SMILES string of the molecule is CCCN1CCN(C(C)C(=O)N2CCNCC2)CC1. The van der Waals surface area contributed by atoms with Crippen molar-refractivity contribution in [3.8, 4) is 0 Å². The Bertz CT molecular complexity index is 283. The number of carbonyl (C=O) groups is 1. The van der Waals surface area contributed by atoms with Crippen LogP contribution < -0.4 is 5.32 Å². The van der Waals surface area contributed by atoms with E-state index in [1.165, 1.54) is 13.0 Å². The van der Waals surface area contributed by atoms with Crippen molar-refractivity contribution in [1.29, 1.82) is 0 Å². The number of piperazine rings is 2. The highest BCUT2D eigenvalue weighted by Crippen LogP contribution is 2.10. The molecule has 0 aromatic carbocycles. The van der Waals surface area contributed by atoms with E-state index in [-0.39, 0.29) is 6.04 Å². The van der Waals surface area contributed by atoms with Crippen LogP contribution in [-0.4, -0.2) is 85.6 Å². The minimum Gasteiger partial charge on any atom is -0.339 e. The first-order chi connectivity index (χ1) is 9.22. The van der Waals surface area contributed by atoms with Gasteiger partial charge in [-0.15, -0.1) is 0 Å². The summed E-state index contributed by atoms with van der Waals surface area (Å²) in [6, 6.07) is 0.0434. The number of nitrogens with one attached hydrogen (secondary N) is 1. The molecule has 2 aliphatic heterocycles. The molecule has 5 nitrogen and oxygen atoms in total. The van der Waals surface area contributed by atoms with E-state index in [1.807, 2.05) is 4.90 Å². The van der Waals surface area contributed by atoms with E-state index in [0.29, 0.717) is 5.91 Å². The van der Waals surface area contributed by atoms with Crippen LogP contribution in [-0.2, 0) is 4.79 Å². The van der Waals surface area contributed by atoms with Gasteiger partial charge in [0.15, 0.2) is 0 Å². The number of nitrogens with zero attached hydrogens (tertiary/aromatic N) is 3. The van der Waals surface area contributed by atoms with Gasteiger partial charge in [-0.05, 0) is 19.9 Å². The van der Waals surface area contributed by atoms with Gasteiger partial charge in [-0.25, -0.2) is 0 Å². The Balaban J connectivity index is 1.79. The van der Waals surface area contributed by atoms with Crippen LogP contribution in [0, 0.1) is 0 Å². The minimum atomic E-state index is 0.0434. The molecule has 0 saturated carbocycles. The highest BCUT2D eigenvalue weighted by Gasteiger charge is 2.28. The fraction of sp³-hybridized carbons (Fsp3) is 0.929. The van der Waals surface area contributed by atoms with Crippen molar-refractivity contribution >= 4 is 5.91 Å². The van der Waals surface area contributed by atoms with Gasteiger partial charge in [-0.1, -0.05) is 6.92 Å². The summed E-state index contributed by atoms with van der Waals surface area (Å²) in [7, 11) is 0. The maximum absolute atomic E-state index is 12.4. The quantitative estimate of drug-likeness (QED) is 0.769. The van der Waals surface area contributed by atoms with Crippen molar-refractivity contribution in [1.82, 2.24) is 20.0 Å². The summed E-state index contributed by atoms with van der Waals surface area (Å²) in [5.74, 6) is 0.311. The van der Waals surface area contributed by atoms with Gasteiger partial charge in [0, 0.05) is 52.4 Å². The van der Waals surface area contributed by atoms with Gasteiger partial charge in [0.25, 0.3) is 0 Å². The van der Waals surface area contributed by atoms with Crippen molar-refractivity contribution in [2.24, 2.45) is 0 Å². The van der Waals surface area contributed by atoms with E-state index in [1.54, 1.807) is 0 Å². The van der Waals surface area contributed by atoms with E-state index >= 15 is 0 Å². The van der Waals surface area contributed by atoms with Crippen molar-refractivity contribution in [2.45, 2.75) is 26.3 Å². The fourth-order valence-electron chi connectivity index (χ4n) is 3.00. The third kappa shape index (κ3) is 3.91. The highest BCUT2D eigenvalue weighted by molar-refractivity contribution is 5.81. The maximum Gasteiger partial charge on any atom is 0.239 e. The Kier molecular flexibility index (Phi) is 5.60. The Morgan fingerprint density at radius 1 is 1.11 bits per heavy atom. The lowest BCUT2D eigenvalue weighted by Gasteiger charge is -2.39. The Morgan fingerprint density at radius 3 is 2.32 bits per heavy atom. The predicted octanol–water partition coefficient (Wildman–Crippen LogP) is -0.166. The molecule has 2 rings (SSSR count). The summed E-state index contributed by atoms with van der Waals surface area (Å²) < 4.78 is 0. The van der Waals surface area contributed by atoms with Crippen molar-refractivity contribution in [2.75, 3.05) is 58.9 Å². The van der Waals surface area contributed by atoms with Crippen molar-refractivity contribution < 1.29 is 4.79 Å². The lowest BCUT2D eigenvalue weighted by atomic mass is 10.2. The van der Waals surface area contributed by atoms with Crippen LogP contribution in [0.1, 0.15) is 20.3 Å². The molecular weight excluding hydrogens is 240 g/mol. The fourth-order valence-corrected chi connectivity index (χ4v) is 3.00. The molecule has 0 aromatic heterocycles. The van der Waals surface area contributed by atoms with E-state index in [2.05, 4.69) is 29.0 Å². The Morgan fingerprint density at radius 2 is 1.74 bits per heavy atom. The molecule has 2 aliphatic rings. The number of hydrogen-bond acceptors (Lipinski definition) is 4. The minimum absolute atomic E-state index is 0.0434. The molecule has 0 bridgehead atoms. The van der Waals surface area contributed by atoms with E-state index < -0.39 is 0 Å². The molecule has 5 heteroatoms. The van der Waals surface area contributed by atoms with Crippen LogP contribution in [0.3, 0.4) is 0 Å². The second-order valence-corrected chi connectivity index (χ2v) is 5.63. The van der Waals surface area contributed by atoms with E-state index in [9.17, 15) is 4.79 Å². The topological polar surface area (TPSA) is 38.8 Å². The predicted molar refractivity (Wildman–Crippen MR) is 77.2 cm³/mol. The van der Waals surface area contributed by atoms with Crippen molar-refractivity contribution in [3.05, 3.63) is 0 Å². The molecule has 0 spiro atoms. The van der Waals surface area contributed by atoms with E-state index in [4.69, 9.17) is 0 Å². The van der Waals surface area contributed by atoms with Crippen LogP contribution in [0.25, 0.3) is 0 Å². The van der Waals surface area contributed by atoms with Gasteiger partial charge in [0.05, 0.1) is 6.04 Å². The lowest BCUT2D eigenvalue weighted by molar-refractivity contribution is -0.137. The number of rotatable bonds is 4. The summed E-state index contributed by atoms with van der Waals surface area (Å²) in [5.41, 5.74) is 0. The summed E-state index contributed by atoms with van der Waals surface area (Å²) >= 11 is 0.